The molecule has 1 N–H and O–H groups in total. The van der Waals surface area contributed by atoms with Crippen LogP contribution in [0.2, 0.25) is 0 Å². The first-order chi connectivity index (χ1) is 12.7. The number of benzene rings is 1. The molecule has 1 atom stereocenters. The van der Waals surface area contributed by atoms with E-state index in [1.807, 2.05) is 24.3 Å². The SMILES string of the molecule is C=CCNc1nnc(SCC(=O)N(C)C[C@@H]2COc3ccccc3O2)s1. The number of nitrogens with one attached hydrogen (secondary N) is 1. The van der Waals surface area contributed by atoms with Crippen LogP contribution in [-0.2, 0) is 4.79 Å². The normalized spacial score (nSPS) is 15.3. The van der Waals surface area contributed by atoms with Crippen LogP contribution in [-0.4, -0.2) is 59.6 Å². The van der Waals surface area contributed by atoms with Crippen LogP contribution in [0.25, 0.3) is 0 Å². The molecule has 0 saturated carbocycles. The highest BCUT2D eigenvalue weighted by Gasteiger charge is 2.23. The standard InChI is InChI=1S/C17H20N4O3S2/c1-3-8-18-16-19-20-17(26-16)25-11-15(22)21(2)9-12-10-23-13-6-4-5-7-14(13)24-12/h3-7,12H,1,8-11H2,2H3,(H,18,19)/t12-/m1/s1. The van der Waals surface area contributed by atoms with Gasteiger partial charge in [0.15, 0.2) is 21.9 Å². The number of rotatable bonds is 8. The van der Waals surface area contributed by atoms with Gasteiger partial charge in [-0.3, -0.25) is 4.79 Å². The molecular formula is C17H20N4O3S2. The number of carbonyl (C=O) groups is 1. The van der Waals surface area contributed by atoms with E-state index in [1.165, 1.54) is 23.1 Å². The van der Waals surface area contributed by atoms with Crippen LogP contribution in [0.3, 0.4) is 0 Å². The zero-order valence-electron chi connectivity index (χ0n) is 14.4. The van der Waals surface area contributed by atoms with Crippen molar-refractivity contribution >= 4 is 34.1 Å². The Balaban J connectivity index is 1.45. The predicted molar refractivity (Wildman–Crippen MR) is 103 cm³/mol. The summed E-state index contributed by atoms with van der Waals surface area (Å²) in [6.45, 7) is 5.17. The van der Waals surface area contributed by atoms with Crippen molar-refractivity contribution in [1.82, 2.24) is 15.1 Å². The molecule has 138 valence electrons. The molecule has 9 heteroatoms. The molecule has 0 aliphatic carbocycles. The van der Waals surface area contributed by atoms with E-state index in [4.69, 9.17) is 9.47 Å². The van der Waals surface area contributed by atoms with Gasteiger partial charge in [0, 0.05) is 13.6 Å². The van der Waals surface area contributed by atoms with Gasteiger partial charge in [0.05, 0.1) is 12.3 Å². The van der Waals surface area contributed by atoms with E-state index in [1.54, 1.807) is 18.0 Å². The molecule has 1 amide bonds. The topological polar surface area (TPSA) is 76.6 Å². The summed E-state index contributed by atoms with van der Waals surface area (Å²) in [5.41, 5.74) is 0. The number of thioether (sulfide) groups is 1. The fourth-order valence-corrected chi connectivity index (χ4v) is 3.99. The van der Waals surface area contributed by atoms with Crippen LogP contribution in [0.5, 0.6) is 11.5 Å². The number of anilines is 1. The molecular weight excluding hydrogens is 372 g/mol. The van der Waals surface area contributed by atoms with E-state index in [0.717, 1.165) is 15.2 Å². The minimum Gasteiger partial charge on any atom is -0.486 e. The molecule has 1 aromatic carbocycles. The van der Waals surface area contributed by atoms with Crippen LogP contribution in [0.15, 0.2) is 41.3 Å². The number of para-hydroxylation sites is 2. The number of fused-ring (bicyclic) bond motifs is 1. The second-order valence-corrected chi connectivity index (χ2v) is 7.80. The van der Waals surface area contributed by atoms with E-state index in [0.29, 0.717) is 31.2 Å². The van der Waals surface area contributed by atoms with Crippen LogP contribution >= 0.6 is 23.1 Å². The molecule has 26 heavy (non-hydrogen) atoms. The Morgan fingerprint density at radius 3 is 3.08 bits per heavy atom. The largest absolute Gasteiger partial charge is 0.486 e. The lowest BCUT2D eigenvalue weighted by Crippen LogP contribution is -2.42. The molecule has 0 saturated heterocycles. The minimum absolute atomic E-state index is 0.00765. The van der Waals surface area contributed by atoms with Crippen LogP contribution in [0.1, 0.15) is 0 Å². The van der Waals surface area contributed by atoms with Crippen molar-refractivity contribution < 1.29 is 14.3 Å². The lowest BCUT2D eigenvalue weighted by atomic mass is 10.2. The summed E-state index contributed by atoms with van der Waals surface area (Å²) in [5, 5.41) is 11.9. The average Bonchev–Trinajstić information content (AvgIpc) is 3.12. The lowest BCUT2D eigenvalue weighted by molar-refractivity contribution is -0.128. The summed E-state index contributed by atoms with van der Waals surface area (Å²) in [5.74, 6) is 1.77. The maximum Gasteiger partial charge on any atom is 0.232 e. The maximum atomic E-state index is 12.4. The quantitative estimate of drug-likeness (QED) is 0.546. The van der Waals surface area contributed by atoms with Gasteiger partial charge in [0.25, 0.3) is 0 Å². The predicted octanol–water partition coefficient (Wildman–Crippen LogP) is 2.53. The van der Waals surface area contributed by atoms with Crippen molar-refractivity contribution in [2.24, 2.45) is 0 Å². The number of hydrogen-bond acceptors (Lipinski definition) is 8. The smallest absolute Gasteiger partial charge is 0.232 e. The van der Waals surface area contributed by atoms with Gasteiger partial charge in [-0.2, -0.15) is 0 Å². The zero-order chi connectivity index (χ0) is 18.4. The monoisotopic (exact) mass is 392 g/mol. The van der Waals surface area contributed by atoms with E-state index in [2.05, 4.69) is 22.1 Å². The summed E-state index contributed by atoms with van der Waals surface area (Å²) in [7, 11) is 1.77. The highest BCUT2D eigenvalue weighted by atomic mass is 32.2. The second kappa shape index (κ2) is 8.91. The van der Waals surface area contributed by atoms with Gasteiger partial charge in [-0.1, -0.05) is 41.3 Å². The highest BCUT2D eigenvalue weighted by molar-refractivity contribution is 8.01. The van der Waals surface area contributed by atoms with Crippen molar-refractivity contribution in [3.8, 4) is 11.5 Å². The Morgan fingerprint density at radius 2 is 2.27 bits per heavy atom. The number of likely N-dealkylation sites (N-methyl/N-ethyl adjacent to an activating group) is 1. The molecule has 7 nitrogen and oxygen atoms in total. The molecule has 0 unspecified atom stereocenters. The molecule has 0 spiro atoms. The summed E-state index contributed by atoms with van der Waals surface area (Å²) < 4.78 is 12.3. The van der Waals surface area contributed by atoms with E-state index >= 15 is 0 Å². The number of aromatic nitrogens is 2. The summed E-state index contributed by atoms with van der Waals surface area (Å²) in [6, 6.07) is 7.54. The van der Waals surface area contributed by atoms with Gasteiger partial charge < -0.3 is 19.7 Å². The van der Waals surface area contributed by atoms with Crippen molar-refractivity contribution in [3.63, 3.8) is 0 Å². The average molecular weight is 393 g/mol. The van der Waals surface area contributed by atoms with Crippen LogP contribution in [0.4, 0.5) is 5.13 Å². The first kappa shape index (κ1) is 18.5. The maximum absolute atomic E-state index is 12.4. The number of nitrogens with zero attached hydrogens (tertiary/aromatic N) is 3. The van der Waals surface area contributed by atoms with Crippen molar-refractivity contribution in [3.05, 3.63) is 36.9 Å². The van der Waals surface area contributed by atoms with E-state index < -0.39 is 0 Å². The summed E-state index contributed by atoms with van der Waals surface area (Å²) in [4.78, 5) is 14.0. The molecule has 0 bridgehead atoms. The fourth-order valence-electron chi connectivity index (χ4n) is 2.29. The van der Waals surface area contributed by atoms with Crippen molar-refractivity contribution in [2.75, 3.05) is 37.8 Å². The summed E-state index contributed by atoms with van der Waals surface area (Å²) >= 11 is 2.80. The van der Waals surface area contributed by atoms with Crippen molar-refractivity contribution in [1.29, 1.82) is 0 Å². The number of amides is 1. The third-order valence-corrected chi connectivity index (χ3v) is 5.59. The highest BCUT2D eigenvalue weighted by Crippen LogP contribution is 2.31. The van der Waals surface area contributed by atoms with Gasteiger partial charge in [0.1, 0.15) is 6.61 Å². The number of hydrogen-bond donors (Lipinski definition) is 1. The molecule has 1 aromatic heterocycles. The fraction of sp³-hybridized carbons (Fsp3) is 0.353. The summed E-state index contributed by atoms with van der Waals surface area (Å²) in [6.07, 6.45) is 1.57. The third kappa shape index (κ3) is 4.89. The van der Waals surface area contributed by atoms with Gasteiger partial charge in [-0.05, 0) is 12.1 Å². The lowest BCUT2D eigenvalue weighted by Gasteiger charge is -2.29. The Labute approximate surface area is 160 Å². The Hall–Kier alpha value is -2.26. The minimum atomic E-state index is -0.180. The molecule has 0 fully saturated rings. The Bertz CT molecular complexity index is 768. The molecule has 2 heterocycles. The van der Waals surface area contributed by atoms with Crippen molar-refractivity contribution in [2.45, 2.75) is 10.4 Å². The first-order valence-corrected chi connectivity index (χ1v) is 9.89. The molecule has 0 radical (unpaired) electrons. The van der Waals surface area contributed by atoms with Gasteiger partial charge in [-0.15, -0.1) is 16.8 Å². The Kier molecular flexibility index (Phi) is 6.35. The zero-order valence-corrected chi connectivity index (χ0v) is 16.0. The third-order valence-electron chi connectivity index (χ3n) is 3.59. The molecule has 1 aliphatic rings. The second-order valence-electron chi connectivity index (χ2n) is 5.60. The molecule has 2 aromatic rings. The van der Waals surface area contributed by atoms with E-state index in [-0.39, 0.29) is 12.0 Å². The van der Waals surface area contributed by atoms with Crippen LogP contribution < -0.4 is 14.8 Å². The number of carbonyl (C=O) groups excluding carboxylic acids is 1. The van der Waals surface area contributed by atoms with Gasteiger partial charge in [-0.25, -0.2) is 0 Å². The van der Waals surface area contributed by atoms with E-state index in [9.17, 15) is 4.79 Å². The molecule has 3 rings (SSSR count). The Morgan fingerprint density at radius 1 is 1.46 bits per heavy atom. The number of ether oxygens (including phenoxy) is 2. The van der Waals surface area contributed by atoms with Gasteiger partial charge in [0.2, 0.25) is 11.0 Å². The van der Waals surface area contributed by atoms with Gasteiger partial charge >= 0.3 is 0 Å². The first-order valence-electron chi connectivity index (χ1n) is 8.09. The van der Waals surface area contributed by atoms with Crippen LogP contribution in [0, 0.1) is 0 Å². The molecule has 1 aliphatic heterocycles.